The number of amides is 1. The number of benzene rings is 1. The van der Waals surface area contributed by atoms with Crippen LogP contribution in [0.1, 0.15) is 37.0 Å². The minimum Gasteiger partial charge on any atom is -0.397 e. The number of rotatable bonds is 9. The maximum absolute atomic E-state index is 11.8. The molecule has 0 aliphatic carbocycles. The predicted octanol–water partition coefficient (Wildman–Crippen LogP) is 2.25. The van der Waals surface area contributed by atoms with Crippen molar-refractivity contribution in [2.75, 3.05) is 37.4 Å². The molecule has 0 radical (unpaired) electrons. The molecule has 0 atom stereocenters. The molecule has 4 N–H and O–H groups in total. The van der Waals surface area contributed by atoms with Gasteiger partial charge in [0.05, 0.1) is 11.4 Å². The summed E-state index contributed by atoms with van der Waals surface area (Å²) >= 11 is 0. The average molecular weight is 279 g/mol. The van der Waals surface area contributed by atoms with Gasteiger partial charge in [-0.25, -0.2) is 0 Å². The Kier molecular flexibility index (Phi) is 7.50. The smallest absolute Gasteiger partial charge is 0.251 e. The number of nitrogen functional groups attached to an aromatic ring is 1. The van der Waals surface area contributed by atoms with Crippen molar-refractivity contribution >= 4 is 17.3 Å². The first-order chi connectivity index (χ1) is 9.69. The Morgan fingerprint density at radius 3 is 2.75 bits per heavy atom. The van der Waals surface area contributed by atoms with Crippen molar-refractivity contribution < 1.29 is 9.53 Å². The van der Waals surface area contributed by atoms with Gasteiger partial charge in [0, 0.05) is 31.9 Å². The van der Waals surface area contributed by atoms with Gasteiger partial charge in [-0.1, -0.05) is 6.92 Å². The van der Waals surface area contributed by atoms with E-state index >= 15 is 0 Å². The van der Waals surface area contributed by atoms with E-state index in [1.54, 1.807) is 12.1 Å². The molecule has 0 unspecified atom stereocenters. The van der Waals surface area contributed by atoms with Crippen LogP contribution in [0.4, 0.5) is 11.4 Å². The van der Waals surface area contributed by atoms with Crippen LogP contribution in [-0.4, -0.2) is 32.2 Å². The van der Waals surface area contributed by atoms with Gasteiger partial charge in [-0.05, 0) is 38.0 Å². The number of carbonyl (C=O) groups excluding carboxylic acids is 1. The van der Waals surface area contributed by atoms with Crippen molar-refractivity contribution in [2.24, 2.45) is 0 Å². The highest BCUT2D eigenvalue weighted by Crippen LogP contribution is 2.19. The summed E-state index contributed by atoms with van der Waals surface area (Å²) in [5, 5.41) is 6.07. The SMILES string of the molecule is CCCNC(=O)c1ccc(NCCCOCC)c(N)c1. The van der Waals surface area contributed by atoms with E-state index < -0.39 is 0 Å². The van der Waals surface area contributed by atoms with Crippen LogP contribution >= 0.6 is 0 Å². The first-order valence-corrected chi connectivity index (χ1v) is 7.18. The number of ether oxygens (including phenoxy) is 1. The first kappa shape index (κ1) is 16.3. The molecule has 1 amide bonds. The van der Waals surface area contributed by atoms with Crippen LogP contribution < -0.4 is 16.4 Å². The Labute approximate surface area is 120 Å². The fraction of sp³-hybridized carbons (Fsp3) is 0.533. The number of hydrogen-bond acceptors (Lipinski definition) is 4. The van der Waals surface area contributed by atoms with Crippen molar-refractivity contribution in [1.29, 1.82) is 0 Å². The Bertz CT molecular complexity index is 422. The van der Waals surface area contributed by atoms with E-state index in [-0.39, 0.29) is 5.91 Å². The fourth-order valence-electron chi connectivity index (χ4n) is 1.75. The van der Waals surface area contributed by atoms with Gasteiger partial charge in [-0.15, -0.1) is 0 Å². The van der Waals surface area contributed by atoms with E-state index in [2.05, 4.69) is 10.6 Å². The van der Waals surface area contributed by atoms with E-state index in [4.69, 9.17) is 10.5 Å². The van der Waals surface area contributed by atoms with Crippen LogP contribution in [0.2, 0.25) is 0 Å². The number of nitrogens with one attached hydrogen (secondary N) is 2. The predicted molar refractivity (Wildman–Crippen MR) is 83.1 cm³/mol. The summed E-state index contributed by atoms with van der Waals surface area (Å²) in [5.74, 6) is -0.0820. The highest BCUT2D eigenvalue weighted by Gasteiger charge is 2.07. The lowest BCUT2D eigenvalue weighted by atomic mass is 10.1. The van der Waals surface area contributed by atoms with E-state index in [0.717, 1.165) is 38.3 Å². The minimum atomic E-state index is -0.0820. The molecule has 5 nitrogen and oxygen atoms in total. The van der Waals surface area contributed by atoms with Crippen LogP contribution in [0.25, 0.3) is 0 Å². The minimum absolute atomic E-state index is 0.0820. The molecule has 0 saturated carbocycles. The zero-order valence-electron chi connectivity index (χ0n) is 12.4. The topological polar surface area (TPSA) is 76.4 Å². The lowest BCUT2D eigenvalue weighted by molar-refractivity contribution is 0.0953. The van der Waals surface area contributed by atoms with Crippen molar-refractivity contribution in [3.8, 4) is 0 Å². The maximum atomic E-state index is 11.8. The standard InChI is InChI=1S/C15H25N3O2/c1-3-8-18-15(19)12-6-7-14(13(16)11-12)17-9-5-10-20-4-2/h6-7,11,17H,3-5,8-10,16H2,1-2H3,(H,18,19). The van der Waals surface area contributed by atoms with Gasteiger partial charge in [0.1, 0.15) is 0 Å². The quantitative estimate of drug-likeness (QED) is 0.478. The van der Waals surface area contributed by atoms with Gasteiger partial charge in [0.15, 0.2) is 0 Å². The number of nitrogens with two attached hydrogens (primary N) is 1. The lowest BCUT2D eigenvalue weighted by Gasteiger charge is -2.11. The third-order valence-corrected chi connectivity index (χ3v) is 2.83. The zero-order valence-corrected chi connectivity index (χ0v) is 12.4. The molecule has 5 heteroatoms. The highest BCUT2D eigenvalue weighted by molar-refractivity contribution is 5.96. The highest BCUT2D eigenvalue weighted by atomic mass is 16.5. The molecular formula is C15H25N3O2. The maximum Gasteiger partial charge on any atom is 0.251 e. The summed E-state index contributed by atoms with van der Waals surface area (Å²) in [4.78, 5) is 11.8. The van der Waals surface area contributed by atoms with Crippen LogP contribution in [0, 0.1) is 0 Å². The summed E-state index contributed by atoms with van der Waals surface area (Å²) in [6.07, 6.45) is 1.84. The van der Waals surface area contributed by atoms with Gasteiger partial charge in [-0.2, -0.15) is 0 Å². The Morgan fingerprint density at radius 1 is 1.30 bits per heavy atom. The zero-order chi connectivity index (χ0) is 14.8. The summed E-state index contributed by atoms with van der Waals surface area (Å²) < 4.78 is 5.27. The van der Waals surface area contributed by atoms with Gasteiger partial charge in [0.25, 0.3) is 5.91 Å². The molecule has 112 valence electrons. The molecule has 0 aromatic heterocycles. The molecule has 0 heterocycles. The third-order valence-electron chi connectivity index (χ3n) is 2.83. The average Bonchev–Trinajstić information content (AvgIpc) is 2.46. The molecule has 1 rings (SSSR count). The van der Waals surface area contributed by atoms with E-state index in [9.17, 15) is 4.79 Å². The second-order valence-corrected chi connectivity index (χ2v) is 4.54. The number of hydrogen-bond donors (Lipinski definition) is 3. The van der Waals surface area contributed by atoms with Gasteiger partial charge in [0.2, 0.25) is 0 Å². The molecule has 1 aromatic rings. The first-order valence-electron chi connectivity index (χ1n) is 7.18. The number of carbonyl (C=O) groups is 1. The second kappa shape index (κ2) is 9.20. The van der Waals surface area contributed by atoms with Crippen LogP contribution in [0.3, 0.4) is 0 Å². The van der Waals surface area contributed by atoms with Gasteiger partial charge < -0.3 is 21.1 Å². The molecule has 0 spiro atoms. The van der Waals surface area contributed by atoms with Crippen LogP contribution in [0.15, 0.2) is 18.2 Å². The normalized spacial score (nSPS) is 10.3. The van der Waals surface area contributed by atoms with Crippen LogP contribution in [0.5, 0.6) is 0 Å². The van der Waals surface area contributed by atoms with E-state index in [0.29, 0.717) is 17.8 Å². The van der Waals surface area contributed by atoms with Crippen molar-refractivity contribution in [3.05, 3.63) is 23.8 Å². The molecule has 0 aliphatic heterocycles. The van der Waals surface area contributed by atoms with Gasteiger partial charge in [-0.3, -0.25) is 4.79 Å². The molecule has 0 saturated heterocycles. The molecule has 20 heavy (non-hydrogen) atoms. The van der Waals surface area contributed by atoms with E-state index in [1.807, 2.05) is 19.9 Å². The molecule has 1 aromatic carbocycles. The van der Waals surface area contributed by atoms with Crippen LogP contribution in [-0.2, 0) is 4.74 Å². The third kappa shape index (κ3) is 5.48. The van der Waals surface area contributed by atoms with Crippen molar-refractivity contribution in [1.82, 2.24) is 5.32 Å². The monoisotopic (exact) mass is 279 g/mol. The summed E-state index contributed by atoms with van der Waals surface area (Å²) in [5.41, 5.74) is 7.99. The Hall–Kier alpha value is -1.75. The molecule has 0 aliphatic rings. The van der Waals surface area contributed by atoms with Crippen molar-refractivity contribution in [2.45, 2.75) is 26.7 Å². The van der Waals surface area contributed by atoms with E-state index in [1.165, 1.54) is 0 Å². The molecule has 0 fully saturated rings. The summed E-state index contributed by atoms with van der Waals surface area (Å²) in [6.45, 7) is 6.95. The largest absolute Gasteiger partial charge is 0.397 e. The second-order valence-electron chi connectivity index (χ2n) is 4.54. The fourth-order valence-corrected chi connectivity index (χ4v) is 1.75. The Balaban J connectivity index is 2.48. The number of anilines is 2. The molecule has 0 bridgehead atoms. The van der Waals surface area contributed by atoms with Gasteiger partial charge >= 0.3 is 0 Å². The lowest BCUT2D eigenvalue weighted by Crippen LogP contribution is -2.24. The van der Waals surface area contributed by atoms with Crippen molar-refractivity contribution in [3.63, 3.8) is 0 Å². The molecular weight excluding hydrogens is 254 g/mol. The summed E-state index contributed by atoms with van der Waals surface area (Å²) in [7, 11) is 0. The Morgan fingerprint density at radius 2 is 2.10 bits per heavy atom. The summed E-state index contributed by atoms with van der Waals surface area (Å²) in [6, 6.07) is 5.33.